The van der Waals surface area contributed by atoms with E-state index in [4.69, 9.17) is 4.74 Å². The van der Waals surface area contributed by atoms with Gasteiger partial charge >= 0.3 is 0 Å². The maximum absolute atomic E-state index is 5.33. The monoisotopic (exact) mass is 257 g/mol. The number of rotatable bonds is 3. The van der Waals surface area contributed by atoms with Crippen LogP contribution in [0.25, 0.3) is 0 Å². The van der Waals surface area contributed by atoms with Gasteiger partial charge in [0.2, 0.25) is 0 Å². The van der Waals surface area contributed by atoms with E-state index in [0.29, 0.717) is 0 Å². The predicted molar refractivity (Wildman–Crippen MR) is 74.1 cm³/mol. The van der Waals surface area contributed by atoms with Gasteiger partial charge in [0.15, 0.2) is 0 Å². The maximum Gasteiger partial charge on any atom is 0.119 e. The molecule has 0 unspecified atom stereocenters. The van der Waals surface area contributed by atoms with Crippen LogP contribution < -0.4 is 4.74 Å². The van der Waals surface area contributed by atoms with Crippen LogP contribution in [0.15, 0.2) is 24.5 Å². The summed E-state index contributed by atoms with van der Waals surface area (Å²) in [6.07, 6.45) is 2.83. The molecule has 2 aromatic rings. The van der Waals surface area contributed by atoms with Gasteiger partial charge in [-0.25, -0.2) is 4.98 Å². The molecule has 0 bridgehead atoms. The van der Waals surface area contributed by atoms with Gasteiger partial charge in [0, 0.05) is 26.1 Å². The van der Waals surface area contributed by atoms with E-state index in [0.717, 1.165) is 31.8 Å². The van der Waals surface area contributed by atoms with Crippen LogP contribution in [0.5, 0.6) is 5.75 Å². The second-order valence-electron chi connectivity index (χ2n) is 5.15. The molecule has 3 rings (SSSR count). The zero-order valence-corrected chi connectivity index (χ0v) is 11.4. The van der Waals surface area contributed by atoms with Crippen molar-refractivity contribution in [2.75, 3.05) is 13.7 Å². The Morgan fingerprint density at radius 1 is 1.37 bits per heavy atom. The summed E-state index contributed by atoms with van der Waals surface area (Å²) in [6, 6.07) is 6.41. The Morgan fingerprint density at radius 2 is 2.26 bits per heavy atom. The molecule has 19 heavy (non-hydrogen) atoms. The molecule has 1 aliphatic rings. The number of fused-ring (bicyclic) bond motifs is 1. The molecule has 1 aromatic heterocycles. The Balaban J connectivity index is 1.74. The fraction of sp³-hybridized carbons (Fsp3) is 0.400. The summed E-state index contributed by atoms with van der Waals surface area (Å²) in [5.74, 6) is 0.939. The van der Waals surface area contributed by atoms with Crippen molar-refractivity contribution in [1.29, 1.82) is 0 Å². The van der Waals surface area contributed by atoms with Crippen molar-refractivity contribution < 1.29 is 4.74 Å². The topological polar surface area (TPSA) is 41.1 Å². The lowest BCUT2D eigenvalue weighted by molar-refractivity contribution is 0.241. The summed E-state index contributed by atoms with van der Waals surface area (Å²) >= 11 is 0. The minimum atomic E-state index is 0.939. The van der Waals surface area contributed by atoms with E-state index in [1.54, 1.807) is 13.4 Å². The van der Waals surface area contributed by atoms with E-state index in [1.807, 2.05) is 0 Å². The molecule has 0 radical (unpaired) electrons. The van der Waals surface area contributed by atoms with Crippen LogP contribution in [-0.2, 0) is 19.5 Å². The highest BCUT2D eigenvalue weighted by atomic mass is 16.5. The van der Waals surface area contributed by atoms with Crippen molar-refractivity contribution >= 4 is 0 Å². The zero-order chi connectivity index (χ0) is 13.2. The van der Waals surface area contributed by atoms with Crippen molar-refractivity contribution in [3.05, 3.63) is 47.0 Å². The van der Waals surface area contributed by atoms with Crippen LogP contribution in [0.1, 0.15) is 22.5 Å². The van der Waals surface area contributed by atoms with E-state index in [-0.39, 0.29) is 0 Å². The number of hydrogen-bond acceptors (Lipinski definition) is 3. The Hall–Kier alpha value is -1.81. The highest BCUT2D eigenvalue weighted by molar-refractivity contribution is 5.34. The molecule has 0 saturated carbocycles. The van der Waals surface area contributed by atoms with Gasteiger partial charge in [-0.05, 0) is 30.2 Å². The highest BCUT2D eigenvalue weighted by Crippen LogP contribution is 2.21. The molecule has 1 aromatic carbocycles. The molecule has 1 aliphatic heterocycles. The van der Waals surface area contributed by atoms with Gasteiger partial charge in [0.1, 0.15) is 5.75 Å². The summed E-state index contributed by atoms with van der Waals surface area (Å²) in [7, 11) is 1.72. The number of aryl methyl sites for hydroxylation is 1. The maximum atomic E-state index is 5.33. The average Bonchev–Trinajstić information content (AvgIpc) is 2.85. The third kappa shape index (κ3) is 2.63. The normalized spacial score (nSPS) is 15.3. The number of benzene rings is 1. The predicted octanol–water partition coefficient (Wildman–Crippen LogP) is 2.29. The summed E-state index contributed by atoms with van der Waals surface area (Å²) in [4.78, 5) is 10.0. The second kappa shape index (κ2) is 5.05. The van der Waals surface area contributed by atoms with Crippen LogP contribution in [0.2, 0.25) is 0 Å². The molecule has 0 saturated heterocycles. The van der Waals surface area contributed by atoms with Crippen LogP contribution in [0.3, 0.4) is 0 Å². The third-order valence-electron chi connectivity index (χ3n) is 3.61. The third-order valence-corrected chi connectivity index (χ3v) is 3.61. The van der Waals surface area contributed by atoms with Crippen LogP contribution in [0, 0.1) is 6.92 Å². The summed E-state index contributed by atoms with van der Waals surface area (Å²) < 4.78 is 5.33. The number of aromatic nitrogens is 2. The molecule has 0 spiro atoms. The van der Waals surface area contributed by atoms with Crippen molar-refractivity contribution in [2.24, 2.45) is 0 Å². The van der Waals surface area contributed by atoms with Crippen LogP contribution in [-0.4, -0.2) is 28.5 Å². The first-order chi connectivity index (χ1) is 9.24. The van der Waals surface area contributed by atoms with Crippen molar-refractivity contribution in [3.63, 3.8) is 0 Å². The number of aromatic amines is 1. The fourth-order valence-corrected chi connectivity index (χ4v) is 2.70. The van der Waals surface area contributed by atoms with Crippen LogP contribution >= 0.6 is 0 Å². The Morgan fingerprint density at radius 3 is 3.11 bits per heavy atom. The molecular weight excluding hydrogens is 238 g/mol. The molecule has 1 N–H and O–H groups in total. The first-order valence-electron chi connectivity index (χ1n) is 6.62. The number of H-pyrrole nitrogens is 1. The molecule has 0 aliphatic carbocycles. The molecule has 2 heterocycles. The van der Waals surface area contributed by atoms with Crippen molar-refractivity contribution in [2.45, 2.75) is 26.4 Å². The standard InChI is InChI=1S/C15H19N3O/c1-11-5-12(7-13(6-11)19-2)8-18-4-3-14-15(9-18)17-10-16-14/h5-7,10H,3-4,8-9H2,1-2H3,(H,16,17). The first kappa shape index (κ1) is 12.2. The molecule has 0 fully saturated rings. The Labute approximate surface area is 113 Å². The number of imidazole rings is 1. The van der Waals surface area contributed by atoms with Gasteiger partial charge in [0.25, 0.3) is 0 Å². The second-order valence-corrected chi connectivity index (χ2v) is 5.15. The summed E-state index contributed by atoms with van der Waals surface area (Å²) in [5.41, 5.74) is 5.03. The largest absolute Gasteiger partial charge is 0.497 e. The van der Waals surface area contributed by atoms with E-state index in [9.17, 15) is 0 Å². The number of methoxy groups -OCH3 is 1. The number of nitrogens with zero attached hydrogens (tertiary/aromatic N) is 2. The lowest BCUT2D eigenvalue weighted by Gasteiger charge is -2.26. The van der Waals surface area contributed by atoms with Gasteiger partial charge in [-0.3, -0.25) is 4.90 Å². The van der Waals surface area contributed by atoms with Gasteiger partial charge in [0.05, 0.1) is 24.8 Å². The number of hydrogen-bond donors (Lipinski definition) is 1. The fourth-order valence-electron chi connectivity index (χ4n) is 2.70. The Bertz CT molecular complexity index is 577. The molecule has 0 atom stereocenters. The zero-order valence-electron chi connectivity index (χ0n) is 11.4. The van der Waals surface area contributed by atoms with Gasteiger partial charge in [-0.15, -0.1) is 0 Å². The van der Waals surface area contributed by atoms with E-state index < -0.39 is 0 Å². The van der Waals surface area contributed by atoms with Gasteiger partial charge < -0.3 is 9.72 Å². The SMILES string of the molecule is COc1cc(C)cc(CN2CCc3nc[nH]c3C2)c1. The Kier molecular flexibility index (Phi) is 3.25. The highest BCUT2D eigenvalue weighted by Gasteiger charge is 2.18. The summed E-state index contributed by atoms with van der Waals surface area (Å²) in [6.45, 7) is 5.07. The van der Waals surface area contributed by atoms with Crippen molar-refractivity contribution in [1.82, 2.24) is 14.9 Å². The number of nitrogens with one attached hydrogen (secondary N) is 1. The first-order valence-corrected chi connectivity index (χ1v) is 6.62. The van der Waals surface area contributed by atoms with Gasteiger partial charge in [-0.1, -0.05) is 6.07 Å². The van der Waals surface area contributed by atoms with E-state index >= 15 is 0 Å². The lowest BCUT2D eigenvalue weighted by Crippen LogP contribution is -2.30. The van der Waals surface area contributed by atoms with E-state index in [2.05, 4.69) is 40.0 Å². The quantitative estimate of drug-likeness (QED) is 0.917. The van der Waals surface area contributed by atoms with Crippen molar-refractivity contribution in [3.8, 4) is 5.75 Å². The lowest BCUT2D eigenvalue weighted by atomic mass is 10.1. The van der Waals surface area contributed by atoms with E-state index in [1.165, 1.54) is 22.5 Å². The summed E-state index contributed by atoms with van der Waals surface area (Å²) in [5, 5.41) is 0. The molecule has 4 nitrogen and oxygen atoms in total. The average molecular weight is 257 g/mol. The van der Waals surface area contributed by atoms with Crippen LogP contribution in [0.4, 0.5) is 0 Å². The number of ether oxygens (including phenoxy) is 1. The molecular formula is C15H19N3O. The molecule has 4 heteroatoms. The minimum Gasteiger partial charge on any atom is -0.497 e. The van der Waals surface area contributed by atoms with Gasteiger partial charge in [-0.2, -0.15) is 0 Å². The molecule has 100 valence electrons. The molecule has 0 amide bonds. The minimum absolute atomic E-state index is 0.939. The smallest absolute Gasteiger partial charge is 0.119 e.